The summed E-state index contributed by atoms with van der Waals surface area (Å²) in [6.07, 6.45) is 5.42. The normalized spacial score (nSPS) is 15.1. The fourth-order valence-corrected chi connectivity index (χ4v) is 4.35. The van der Waals surface area contributed by atoms with Gasteiger partial charge in [-0.1, -0.05) is 0 Å². The predicted molar refractivity (Wildman–Crippen MR) is 139 cm³/mol. The highest BCUT2D eigenvalue weighted by molar-refractivity contribution is 6.04. The standard InChI is InChI=1S/C27H30N6O4/c1-27(2,3)37-26(35)33-13-11-32(12-14-33)22-7-9-28-17-21(22)31-25(34)20-6-10-29-24(30-20)19-4-5-23-18(16-19)8-15-36-23/h4-7,9-10,16-17H,8,11-15H2,1-3H3,(H,31,34). The number of nitrogens with one attached hydrogen (secondary N) is 1. The number of hydrogen-bond donors (Lipinski definition) is 1. The van der Waals surface area contributed by atoms with E-state index >= 15 is 0 Å². The molecule has 1 N–H and O–H groups in total. The number of benzene rings is 1. The number of carbonyl (C=O) groups excluding carboxylic acids is 2. The number of hydrogen-bond acceptors (Lipinski definition) is 8. The van der Waals surface area contributed by atoms with E-state index in [2.05, 4.69) is 25.2 Å². The second-order valence-electron chi connectivity index (χ2n) is 9.99. The van der Waals surface area contributed by atoms with E-state index in [-0.39, 0.29) is 17.7 Å². The molecule has 0 aliphatic carbocycles. The lowest BCUT2D eigenvalue weighted by Gasteiger charge is -2.37. The molecule has 37 heavy (non-hydrogen) atoms. The van der Waals surface area contributed by atoms with Crippen molar-refractivity contribution in [2.24, 2.45) is 0 Å². The molecule has 10 heteroatoms. The van der Waals surface area contributed by atoms with Gasteiger partial charge in [0, 0.05) is 50.6 Å². The van der Waals surface area contributed by atoms with E-state index in [4.69, 9.17) is 9.47 Å². The van der Waals surface area contributed by atoms with Crippen LogP contribution in [0.3, 0.4) is 0 Å². The maximum Gasteiger partial charge on any atom is 0.410 e. The summed E-state index contributed by atoms with van der Waals surface area (Å²) in [7, 11) is 0. The van der Waals surface area contributed by atoms with Crippen molar-refractivity contribution >= 4 is 23.4 Å². The minimum atomic E-state index is -0.535. The highest BCUT2D eigenvalue weighted by Gasteiger charge is 2.27. The van der Waals surface area contributed by atoms with Crippen molar-refractivity contribution in [3.63, 3.8) is 0 Å². The summed E-state index contributed by atoms with van der Waals surface area (Å²) in [5.41, 5.74) is 3.08. The number of carbonyl (C=O) groups is 2. The average molecular weight is 503 g/mol. The van der Waals surface area contributed by atoms with Gasteiger partial charge in [-0.2, -0.15) is 0 Å². The Labute approximate surface area is 215 Å². The summed E-state index contributed by atoms with van der Waals surface area (Å²) >= 11 is 0. The van der Waals surface area contributed by atoms with Gasteiger partial charge in [-0.15, -0.1) is 0 Å². The first-order chi connectivity index (χ1) is 17.8. The van der Waals surface area contributed by atoms with Crippen molar-refractivity contribution in [3.8, 4) is 17.1 Å². The minimum absolute atomic E-state index is 0.256. The van der Waals surface area contributed by atoms with E-state index in [9.17, 15) is 9.59 Å². The molecule has 1 saturated heterocycles. The quantitative estimate of drug-likeness (QED) is 0.574. The molecule has 192 valence electrons. The zero-order valence-electron chi connectivity index (χ0n) is 21.2. The molecule has 1 fully saturated rings. The molecule has 2 amide bonds. The number of nitrogens with zero attached hydrogens (tertiary/aromatic N) is 5. The van der Waals surface area contributed by atoms with Gasteiger partial charge in [0.15, 0.2) is 5.82 Å². The zero-order chi connectivity index (χ0) is 26.0. The average Bonchev–Trinajstić information content (AvgIpc) is 3.36. The van der Waals surface area contributed by atoms with Crippen molar-refractivity contribution in [3.05, 3.63) is 60.2 Å². The van der Waals surface area contributed by atoms with Crippen LogP contribution in [0.4, 0.5) is 16.2 Å². The number of aromatic nitrogens is 3. The van der Waals surface area contributed by atoms with Crippen molar-refractivity contribution in [2.75, 3.05) is 43.0 Å². The van der Waals surface area contributed by atoms with Crippen molar-refractivity contribution < 1.29 is 19.1 Å². The van der Waals surface area contributed by atoms with Crippen LogP contribution in [-0.2, 0) is 11.2 Å². The van der Waals surface area contributed by atoms with Gasteiger partial charge in [0.1, 0.15) is 17.0 Å². The van der Waals surface area contributed by atoms with Crippen LogP contribution in [0.2, 0.25) is 0 Å². The first-order valence-corrected chi connectivity index (χ1v) is 12.3. The molecule has 0 spiro atoms. The molecule has 0 saturated carbocycles. The third kappa shape index (κ3) is 5.63. The molecule has 5 rings (SSSR count). The summed E-state index contributed by atoms with van der Waals surface area (Å²) in [4.78, 5) is 42.5. The van der Waals surface area contributed by atoms with Crippen LogP contribution in [0.15, 0.2) is 48.9 Å². The van der Waals surface area contributed by atoms with Crippen LogP contribution < -0.4 is 15.0 Å². The Balaban J connectivity index is 1.27. The number of pyridine rings is 1. The van der Waals surface area contributed by atoms with Gasteiger partial charge in [0.05, 0.1) is 24.2 Å². The number of ether oxygens (including phenoxy) is 2. The van der Waals surface area contributed by atoms with Crippen LogP contribution in [0.5, 0.6) is 5.75 Å². The second-order valence-corrected chi connectivity index (χ2v) is 9.99. The first kappa shape index (κ1) is 24.5. The monoisotopic (exact) mass is 502 g/mol. The smallest absolute Gasteiger partial charge is 0.410 e. The summed E-state index contributed by atoms with van der Waals surface area (Å²) in [5, 5.41) is 2.95. The number of piperazine rings is 1. The van der Waals surface area contributed by atoms with Crippen LogP contribution >= 0.6 is 0 Å². The Kier molecular flexibility index (Phi) is 6.64. The first-order valence-electron chi connectivity index (χ1n) is 12.3. The highest BCUT2D eigenvalue weighted by atomic mass is 16.6. The Morgan fingerprint density at radius 2 is 1.86 bits per heavy atom. The molecular weight excluding hydrogens is 472 g/mol. The van der Waals surface area contributed by atoms with Gasteiger partial charge in [0.2, 0.25) is 0 Å². The lowest BCUT2D eigenvalue weighted by Crippen LogP contribution is -2.50. The van der Waals surface area contributed by atoms with Gasteiger partial charge in [-0.3, -0.25) is 9.78 Å². The Morgan fingerprint density at radius 3 is 2.65 bits per heavy atom. The van der Waals surface area contributed by atoms with Crippen LogP contribution in [0.25, 0.3) is 11.4 Å². The topological polar surface area (TPSA) is 110 Å². The molecule has 2 aromatic heterocycles. The van der Waals surface area contributed by atoms with E-state index in [1.807, 2.05) is 45.0 Å². The fourth-order valence-electron chi connectivity index (χ4n) is 4.35. The molecule has 2 aliphatic rings. The lowest BCUT2D eigenvalue weighted by molar-refractivity contribution is 0.0240. The molecular formula is C27H30N6O4. The number of anilines is 2. The van der Waals surface area contributed by atoms with Crippen molar-refractivity contribution in [1.82, 2.24) is 19.9 Å². The van der Waals surface area contributed by atoms with Gasteiger partial charge in [-0.25, -0.2) is 14.8 Å². The van der Waals surface area contributed by atoms with Crippen molar-refractivity contribution in [1.29, 1.82) is 0 Å². The fraction of sp³-hybridized carbons (Fsp3) is 0.370. The van der Waals surface area contributed by atoms with Gasteiger partial charge < -0.3 is 24.6 Å². The van der Waals surface area contributed by atoms with E-state index < -0.39 is 5.60 Å². The molecule has 3 aromatic rings. The lowest BCUT2D eigenvalue weighted by atomic mass is 10.1. The van der Waals surface area contributed by atoms with Gasteiger partial charge in [-0.05, 0) is 56.7 Å². The summed E-state index contributed by atoms with van der Waals surface area (Å²) in [5.74, 6) is 1.01. The van der Waals surface area contributed by atoms with E-state index in [1.165, 1.54) is 0 Å². The van der Waals surface area contributed by atoms with Crippen LogP contribution in [-0.4, -0.2) is 70.2 Å². The third-order valence-corrected chi connectivity index (χ3v) is 6.15. The molecule has 0 atom stereocenters. The maximum atomic E-state index is 13.2. The summed E-state index contributed by atoms with van der Waals surface area (Å²) < 4.78 is 11.1. The van der Waals surface area contributed by atoms with E-state index in [0.717, 1.165) is 29.0 Å². The number of fused-ring (bicyclic) bond motifs is 1. The minimum Gasteiger partial charge on any atom is -0.493 e. The molecule has 2 aliphatic heterocycles. The predicted octanol–water partition coefficient (Wildman–Crippen LogP) is 3.78. The van der Waals surface area contributed by atoms with E-state index in [0.29, 0.717) is 44.3 Å². The molecule has 0 unspecified atom stereocenters. The number of rotatable bonds is 4. The maximum absolute atomic E-state index is 13.2. The van der Waals surface area contributed by atoms with Crippen molar-refractivity contribution in [2.45, 2.75) is 32.8 Å². The van der Waals surface area contributed by atoms with E-state index in [1.54, 1.807) is 29.6 Å². The molecule has 1 aromatic carbocycles. The molecule has 10 nitrogen and oxygen atoms in total. The zero-order valence-corrected chi connectivity index (χ0v) is 21.2. The van der Waals surface area contributed by atoms with Crippen LogP contribution in [0, 0.1) is 0 Å². The Morgan fingerprint density at radius 1 is 1.05 bits per heavy atom. The Bertz CT molecular complexity index is 1310. The molecule has 0 bridgehead atoms. The van der Waals surface area contributed by atoms with Gasteiger partial charge in [0.25, 0.3) is 5.91 Å². The third-order valence-electron chi connectivity index (χ3n) is 6.15. The summed E-state index contributed by atoms with van der Waals surface area (Å²) in [6, 6.07) is 9.27. The Hall–Kier alpha value is -4.21. The van der Waals surface area contributed by atoms with Crippen LogP contribution in [0.1, 0.15) is 36.8 Å². The highest BCUT2D eigenvalue weighted by Crippen LogP contribution is 2.30. The SMILES string of the molecule is CC(C)(C)OC(=O)N1CCN(c2ccncc2NC(=O)c2ccnc(-c3ccc4c(c3)CCO4)n2)CC1. The largest absolute Gasteiger partial charge is 0.493 e. The molecule has 0 radical (unpaired) electrons. The number of amides is 2. The second kappa shape index (κ2) is 10.0. The molecule has 4 heterocycles. The van der Waals surface area contributed by atoms with Gasteiger partial charge >= 0.3 is 6.09 Å². The summed E-state index contributed by atoms with van der Waals surface area (Å²) in [6.45, 7) is 8.48.